The molecule has 1 N–H and O–H groups in total. The van der Waals surface area contributed by atoms with Crippen LogP contribution >= 0.6 is 11.8 Å². The number of rotatable bonds is 5. The van der Waals surface area contributed by atoms with Gasteiger partial charge in [0.15, 0.2) is 0 Å². The summed E-state index contributed by atoms with van der Waals surface area (Å²) in [5.74, 6) is 4.60. The van der Waals surface area contributed by atoms with Crippen LogP contribution < -0.4 is 10.1 Å². The highest BCUT2D eigenvalue weighted by Crippen LogP contribution is 2.38. The summed E-state index contributed by atoms with van der Waals surface area (Å²) in [5, 5.41) is 3.63. The van der Waals surface area contributed by atoms with Gasteiger partial charge in [0.05, 0.1) is 12.1 Å². The van der Waals surface area contributed by atoms with E-state index in [1.165, 1.54) is 12.2 Å². The van der Waals surface area contributed by atoms with E-state index in [0.29, 0.717) is 12.0 Å². The molecule has 0 bridgehead atoms. The van der Waals surface area contributed by atoms with Crippen LogP contribution in [0.1, 0.15) is 25.0 Å². The lowest BCUT2D eigenvalue weighted by atomic mass is 9.90. The van der Waals surface area contributed by atoms with Crippen molar-refractivity contribution in [3.05, 3.63) is 48.2 Å². The Morgan fingerprint density at radius 2 is 2.12 bits per heavy atom. The molecular formula is C19H23NO3S. The van der Waals surface area contributed by atoms with Crippen molar-refractivity contribution in [2.75, 3.05) is 18.1 Å². The molecule has 4 rings (SSSR count). The fraction of sp³-hybridized carbons (Fsp3) is 0.474. The maximum Gasteiger partial charge on any atom is 0.290 e. The Kier molecular flexibility index (Phi) is 4.83. The zero-order valence-corrected chi connectivity index (χ0v) is 14.5. The highest BCUT2D eigenvalue weighted by atomic mass is 32.2. The second kappa shape index (κ2) is 7.21. The van der Waals surface area contributed by atoms with E-state index in [1.807, 2.05) is 54.2 Å². The molecule has 4 nitrogen and oxygen atoms in total. The average Bonchev–Trinajstić information content (AvgIpc) is 3.24. The van der Waals surface area contributed by atoms with Gasteiger partial charge in [-0.05, 0) is 43.2 Å². The molecule has 0 saturated carbocycles. The topological polar surface area (TPSA) is 43.6 Å². The van der Waals surface area contributed by atoms with Gasteiger partial charge in [0.2, 0.25) is 0 Å². The number of furan rings is 1. The third-order valence-electron chi connectivity index (χ3n) is 4.72. The van der Waals surface area contributed by atoms with E-state index in [1.54, 1.807) is 0 Å². The molecule has 128 valence electrons. The molecule has 0 amide bonds. The lowest BCUT2D eigenvalue weighted by molar-refractivity contribution is -0.0704. The molecule has 2 aliphatic rings. The van der Waals surface area contributed by atoms with Crippen molar-refractivity contribution in [1.82, 2.24) is 5.32 Å². The maximum absolute atomic E-state index is 6.07. The lowest BCUT2D eigenvalue weighted by Crippen LogP contribution is -2.47. The number of hydrogen-bond acceptors (Lipinski definition) is 5. The standard InChI is InChI=1S/C19H23NO3S/c1-2-4-16(5-3-1)22-18-7-6-17(23-18)13-20-15-8-10-21-19(12-15)9-11-24-14-19/h1-7,15,20H,8-14H2. The van der Waals surface area contributed by atoms with Gasteiger partial charge >= 0.3 is 0 Å². The first-order valence-electron chi connectivity index (χ1n) is 8.58. The van der Waals surface area contributed by atoms with Crippen LogP contribution in [0, 0.1) is 0 Å². The largest absolute Gasteiger partial charge is 0.429 e. The summed E-state index contributed by atoms with van der Waals surface area (Å²) in [7, 11) is 0. The van der Waals surface area contributed by atoms with Gasteiger partial charge in [-0.1, -0.05) is 18.2 Å². The van der Waals surface area contributed by atoms with Crippen LogP contribution in [0.4, 0.5) is 0 Å². The van der Waals surface area contributed by atoms with Crippen LogP contribution in [0.5, 0.6) is 11.7 Å². The molecule has 2 fully saturated rings. The van der Waals surface area contributed by atoms with Crippen LogP contribution in [0.25, 0.3) is 0 Å². The van der Waals surface area contributed by atoms with Gasteiger partial charge in [0.1, 0.15) is 11.5 Å². The van der Waals surface area contributed by atoms with Crippen molar-refractivity contribution in [2.45, 2.75) is 37.5 Å². The predicted octanol–water partition coefficient (Wildman–Crippen LogP) is 4.22. The fourth-order valence-electron chi connectivity index (χ4n) is 3.42. The third kappa shape index (κ3) is 3.79. The quantitative estimate of drug-likeness (QED) is 0.879. The zero-order valence-electron chi connectivity index (χ0n) is 13.7. The molecule has 2 atom stereocenters. The Labute approximate surface area is 146 Å². The average molecular weight is 345 g/mol. The van der Waals surface area contributed by atoms with Gasteiger partial charge in [-0.25, -0.2) is 0 Å². The van der Waals surface area contributed by atoms with E-state index < -0.39 is 0 Å². The zero-order chi connectivity index (χ0) is 16.2. The van der Waals surface area contributed by atoms with Crippen LogP contribution in [0.2, 0.25) is 0 Å². The minimum atomic E-state index is 0.116. The number of para-hydroxylation sites is 1. The Balaban J connectivity index is 1.30. The summed E-state index contributed by atoms with van der Waals surface area (Å²) in [6.45, 7) is 1.59. The van der Waals surface area contributed by atoms with E-state index >= 15 is 0 Å². The molecule has 3 heterocycles. The van der Waals surface area contributed by atoms with Gasteiger partial charge < -0.3 is 19.2 Å². The number of nitrogens with one attached hydrogen (secondary N) is 1. The molecule has 0 aliphatic carbocycles. The Morgan fingerprint density at radius 1 is 1.21 bits per heavy atom. The summed E-state index contributed by atoms with van der Waals surface area (Å²) in [5.41, 5.74) is 0.116. The second-order valence-corrected chi connectivity index (χ2v) is 7.65. The molecule has 2 saturated heterocycles. The molecule has 1 aromatic heterocycles. The third-order valence-corrected chi connectivity index (χ3v) is 5.95. The van der Waals surface area contributed by atoms with Crippen molar-refractivity contribution in [2.24, 2.45) is 0 Å². The van der Waals surface area contributed by atoms with Crippen LogP contribution in [-0.4, -0.2) is 29.8 Å². The van der Waals surface area contributed by atoms with Gasteiger partial charge in [0, 0.05) is 24.5 Å². The number of benzene rings is 1. The molecule has 24 heavy (non-hydrogen) atoms. The van der Waals surface area contributed by atoms with Gasteiger partial charge in [0.25, 0.3) is 5.95 Å². The van der Waals surface area contributed by atoms with Crippen molar-refractivity contribution in [1.29, 1.82) is 0 Å². The number of thioether (sulfide) groups is 1. The van der Waals surface area contributed by atoms with E-state index in [4.69, 9.17) is 13.9 Å². The molecular weight excluding hydrogens is 322 g/mol. The molecule has 2 aliphatic heterocycles. The molecule has 2 unspecified atom stereocenters. The van der Waals surface area contributed by atoms with Crippen molar-refractivity contribution >= 4 is 11.8 Å². The first-order valence-corrected chi connectivity index (χ1v) is 9.74. The first kappa shape index (κ1) is 16.1. The second-order valence-electron chi connectivity index (χ2n) is 6.54. The molecule has 0 radical (unpaired) electrons. The van der Waals surface area contributed by atoms with Gasteiger partial charge in [-0.3, -0.25) is 0 Å². The monoisotopic (exact) mass is 345 g/mol. The lowest BCUT2D eigenvalue weighted by Gasteiger charge is -2.38. The van der Waals surface area contributed by atoms with E-state index in [2.05, 4.69) is 5.32 Å². The summed E-state index contributed by atoms with van der Waals surface area (Å²) < 4.78 is 17.6. The molecule has 2 aromatic rings. The predicted molar refractivity (Wildman–Crippen MR) is 95.7 cm³/mol. The fourth-order valence-corrected chi connectivity index (χ4v) is 4.80. The first-order chi connectivity index (χ1) is 11.8. The van der Waals surface area contributed by atoms with E-state index in [0.717, 1.165) is 43.3 Å². The Hall–Kier alpha value is -1.43. The summed E-state index contributed by atoms with van der Waals surface area (Å²) in [6.07, 6.45) is 3.36. The van der Waals surface area contributed by atoms with Gasteiger partial charge in [-0.15, -0.1) is 0 Å². The SMILES string of the molecule is c1ccc(Oc2ccc(CNC3CCOC4(CCSC4)C3)o2)cc1. The van der Waals surface area contributed by atoms with Crippen molar-refractivity contribution < 1.29 is 13.9 Å². The van der Waals surface area contributed by atoms with Crippen molar-refractivity contribution in [3.63, 3.8) is 0 Å². The van der Waals surface area contributed by atoms with Crippen LogP contribution in [0.15, 0.2) is 46.9 Å². The highest BCUT2D eigenvalue weighted by Gasteiger charge is 2.40. The normalized spacial score (nSPS) is 26.8. The van der Waals surface area contributed by atoms with E-state index in [-0.39, 0.29) is 5.60 Å². The van der Waals surface area contributed by atoms with Crippen LogP contribution in [-0.2, 0) is 11.3 Å². The molecule has 5 heteroatoms. The van der Waals surface area contributed by atoms with Gasteiger partial charge in [-0.2, -0.15) is 11.8 Å². The molecule has 1 aromatic carbocycles. The summed E-state index contributed by atoms with van der Waals surface area (Å²) in [6, 6.07) is 14.1. The minimum Gasteiger partial charge on any atom is -0.429 e. The van der Waals surface area contributed by atoms with Crippen molar-refractivity contribution in [3.8, 4) is 11.7 Å². The minimum absolute atomic E-state index is 0.116. The molecule has 1 spiro atoms. The number of hydrogen-bond donors (Lipinski definition) is 1. The Bertz CT molecular complexity index is 652. The van der Waals surface area contributed by atoms with Crippen LogP contribution in [0.3, 0.4) is 0 Å². The summed E-state index contributed by atoms with van der Waals surface area (Å²) in [4.78, 5) is 0. The number of ether oxygens (including phenoxy) is 2. The summed E-state index contributed by atoms with van der Waals surface area (Å²) >= 11 is 2.01. The maximum atomic E-state index is 6.07. The van der Waals surface area contributed by atoms with E-state index in [9.17, 15) is 0 Å². The smallest absolute Gasteiger partial charge is 0.290 e. The highest BCUT2D eigenvalue weighted by molar-refractivity contribution is 7.99. The Morgan fingerprint density at radius 3 is 2.96 bits per heavy atom.